The Bertz CT molecular complexity index is 1180. The van der Waals surface area contributed by atoms with Crippen LogP contribution in [0.25, 0.3) is 22.6 Å². The first-order valence-corrected chi connectivity index (χ1v) is 10.4. The van der Waals surface area contributed by atoms with Crippen LogP contribution >= 0.6 is 0 Å². The van der Waals surface area contributed by atoms with Gasteiger partial charge in [-0.3, -0.25) is 4.90 Å². The van der Waals surface area contributed by atoms with Crippen LogP contribution in [0.5, 0.6) is 5.75 Å². The minimum atomic E-state index is -0.511. The maximum absolute atomic E-state index is 13.1. The molecule has 4 heterocycles. The number of aromatic nitrogens is 5. The number of hydrogen-bond donors (Lipinski definition) is 0. The number of benzene rings is 1. The van der Waals surface area contributed by atoms with Gasteiger partial charge in [-0.05, 0) is 42.7 Å². The topological polar surface area (TPSA) is 69.0 Å². The third-order valence-electron chi connectivity index (χ3n) is 5.80. The molecule has 0 spiro atoms. The fourth-order valence-electron chi connectivity index (χ4n) is 4.13. The molecule has 5 rings (SSSR count). The lowest BCUT2D eigenvalue weighted by Gasteiger charge is -2.32. The van der Waals surface area contributed by atoms with Gasteiger partial charge in [0.1, 0.15) is 5.75 Å². The Morgan fingerprint density at radius 2 is 1.94 bits per heavy atom. The first kappa shape index (κ1) is 19.6. The number of fused-ring (bicyclic) bond motifs is 1. The highest BCUT2D eigenvalue weighted by Crippen LogP contribution is 2.27. The molecule has 0 bridgehead atoms. The molecule has 0 unspecified atom stereocenters. The number of hydrogen-bond acceptors (Lipinski definition) is 6. The van der Waals surface area contributed by atoms with Crippen LogP contribution < -0.4 is 4.74 Å². The van der Waals surface area contributed by atoms with Gasteiger partial charge in [0.05, 0.1) is 25.3 Å². The van der Waals surface area contributed by atoms with E-state index in [9.17, 15) is 4.39 Å². The molecule has 0 saturated carbocycles. The fourth-order valence-corrected chi connectivity index (χ4v) is 4.13. The molecule has 158 valence electrons. The monoisotopic (exact) mass is 418 g/mol. The second-order valence-corrected chi connectivity index (χ2v) is 7.78. The third-order valence-corrected chi connectivity index (χ3v) is 5.80. The zero-order chi connectivity index (χ0) is 21.2. The molecule has 8 heteroatoms. The maximum Gasteiger partial charge on any atom is 0.212 e. The van der Waals surface area contributed by atoms with Gasteiger partial charge in [-0.25, -0.2) is 19.9 Å². The first-order valence-electron chi connectivity index (χ1n) is 10.4. The van der Waals surface area contributed by atoms with E-state index in [1.54, 1.807) is 19.4 Å². The number of pyridine rings is 1. The van der Waals surface area contributed by atoms with E-state index < -0.39 is 5.95 Å². The van der Waals surface area contributed by atoms with Crippen LogP contribution in [0.3, 0.4) is 0 Å². The molecular formula is C23H23FN6O. The van der Waals surface area contributed by atoms with Gasteiger partial charge in [0.25, 0.3) is 0 Å². The predicted octanol–water partition coefficient (Wildman–Crippen LogP) is 3.87. The van der Waals surface area contributed by atoms with Crippen molar-refractivity contribution in [3.63, 3.8) is 0 Å². The van der Waals surface area contributed by atoms with Crippen molar-refractivity contribution in [2.75, 3.05) is 20.2 Å². The second-order valence-electron chi connectivity index (χ2n) is 7.78. The zero-order valence-electron chi connectivity index (χ0n) is 17.3. The van der Waals surface area contributed by atoms with E-state index in [1.807, 2.05) is 18.5 Å². The van der Waals surface area contributed by atoms with Crippen molar-refractivity contribution in [3.05, 3.63) is 66.6 Å². The summed E-state index contributed by atoms with van der Waals surface area (Å²) < 4.78 is 20.6. The van der Waals surface area contributed by atoms with Crippen molar-refractivity contribution < 1.29 is 9.13 Å². The Hall–Kier alpha value is -3.39. The van der Waals surface area contributed by atoms with Gasteiger partial charge in [0.2, 0.25) is 5.95 Å². The van der Waals surface area contributed by atoms with Crippen LogP contribution in [0, 0.1) is 5.95 Å². The minimum Gasteiger partial charge on any atom is -0.497 e. The summed E-state index contributed by atoms with van der Waals surface area (Å²) in [6.07, 6.45) is 6.99. The number of methoxy groups -OCH3 is 1. The average Bonchev–Trinajstić information content (AvgIpc) is 3.23. The van der Waals surface area contributed by atoms with Crippen molar-refractivity contribution in [3.8, 4) is 17.0 Å². The third kappa shape index (κ3) is 4.11. The molecule has 3 aromatic heterocycles. The summed E-state index contributed by atoms with van der Waals surface area (Å²) in [6.45, 7) is 2.91. The molecule has 4 aromatic rings. The van der Waals surface area contributed by atoms with Crippen molar-refractivity contribution >= 4 is 11.3 Å². The molecule has 31 heavy (non-hydrogen) atoms. The molecule has 0 radical (unpaired) electrons. The lowest BCUT2D eigenvalue weighted by molar-refractivity contribution is 0.181. The lowest BCUT2D eigenvalue weighted by atomic mass is 10.0. The van der Waals surface area contributed by atoms with E-state index in [2.05, 4.69) is 36.6 Å². The summed E-state index contributed by atoms with van der Waals surface area (Å²) in [7, 11) is 1.70. The van der Waals surface area contributed by atoms with Crippen molar-refractivity contribution in [1.29, 1.82) is 0 Å². The van der Waals surface area contributed by atoms with Crippen LogP contribution in [0.1, 0.15) is 24.4 Å². The number of imidazole rings is 1. The van der Waals surface area contributed by atoms with Gasteiger partial charge < -0.3 is 9.30 Å². The summed E-state index contributed by atoms with van der Waals surface area (Å²) >= 11 is 0. The van der Waals surface area contributed by atoms with Gasteiger partial charge in [-0.15, -0.1) is 0 Å². The van der Waals surface area contributed by atoms with Gasteiger partial charge in [0, 0.05) is 37.4 Å². The standard InChI is InChI=1S/C23H23FN6O/c1-31-19-4-2-3-16(11-19)14-29-9-7-18(8-10-29)30-15-27-22-23(30)28-20(13-26-22)17-5-6-21(24)25-12-17/h2-6,11-13,15,18H,7-10,14H2,1H3. The van der Waals surface area contributed by atoms with Crippen LogP contribution in [-0.2, 0) is 6.54 Å². The summed E-state index contributed by atoms with van der Waals surface area (Å²) in [5.41, 5.74) is 4.04. The minimum absolute atomic E-state index is 0.322. The Morgan fingerprint density at radius 1 is 1.06 bits per heavy atom. The van der Waals surface area contributed by atoms with Crippen molar-refractivity contribution in [2.24, 2.45) is 0 Å². The maximum atomic E-state index is 13.1. The van der Waals surface area contributed by atoms with Gasteiger partial charge >= 0.3 is 0 Å². The quantitative estimate of drug-likeness (QED) is 0.458. The summed E-state index contributed by atoms with van der Waals surface area (Å²) in [4.78, 5) is 19.8. The Kier molecular flexibility index (Phi) is 5.30. The number of rotatable bonds is 5. The highest BCUT2D eigenvalue weighted by atomic mass is 19.1. The highest BCUT2D eigenvalue weighted by Gasteiger charge is 2.23. The molecule has 0 N–H and O–H groups in total. The highest BCUT2D eigenvalue weighted by molar-refractivity contribution is 5.70. The van der Waals surface area contributed by atoms with E-state index in [4.69, 9.17) is 9.72 Å². The van der Waals surface area contributed by atoms with E-state index in [-0.39, 0.29) is 0 Å². The zero-order valence-corrected chi connectivity index (χ0v) is 17.3. The summed E-state index contributed by atoms with van der Waals surface area (Å²) in [5.74, 6) is 0.381. The summed E-state index contributed by atoms with van der Waals surface area (Å²) in [6, 6.07) is 11.5. The van der Waals surface area contributed by atoms with E-state index >= 15 is 0 Å². The molecule has 1 fully saturated rings. The number of ether oxygens (including phenoxy) is 1. The van der Waals surface area contributed by atoms with Crippen LogP contribution in [0.2, 0.25) is 0 Å². The Balaban J connectivity index is 1.31. The van der Waals surface area contributed by atoms with Crippen LogP contribution in [-0.4, -0.2) is 49.6 Å². The molecule has 1 saturated heterocycles. The van der Waals surface area contributed by atoms with Crippen molar-refractivity contribution in [1.82, 2.24) is 29.4 Å². The molecule has 1 aliphatic heterocycles. The van der Waals surface area contributed by atoms with Gasteiger partial charge in [-0.1, -0.05) is 12.1 Å². The molecule has 7 nitrogen and oxygen atoms in total. The van der Waals surface area contributed by atoms with Gasteiger partial charge in [0.15, 0.2) is 11.3 Å². The van der Waals surface area contributed by atoms with E-state index in [0.29, 0.717) is 17.4 Å². The molecule has 0 atom stereocenters. The fraction of sp³-hybridized carbons (Fsp3) is 0.304. The molecule has 0 aliphatic carbocycles. The van der Waals surface area contributed by atoms with E-state index in [1.165, 1.54) is 17.8 Å². The van der Waals surface area contributed by atoms with Crippen molar-refractivity contribution in [2.45, 2.75) is 25.4 Å². The largest absolute Gasteiger partial charge is 0.497 e. The lowest BCUT2D eigenvalue weighted by Crippen LogP contribution is -2.34. The molecular weight excluding hydrogens is 395 g/mol. The normalized spacial score (nSPS) is 15.4. The Morgan fingerprint density at radius 3 is 2.71 bits per heavy atom. The smallest absolute Gasteiger partial charge is 0.212 e. The number of likely N-dealkylation sites (tertiary alicyclic amines) is 1. The number of halogens is 1. The summed E-state index contributed by atoms with van der Waals surface area (Å²) in [5, 5.41) is 0. The SMILES string of the molecule is COc1cccc(CN2CCC(n3cnc4ncc(-c5ccc(F)nc5)nc43)CC2)c1. The second kappa shape index (κ2) is 8.39. The molecule has 1 aromatic carbocycles. The van der Waals surface area contributed by atoms with Gasteiger partial charge in [-0.2, -0.15) is 4.39 Å². The number of piperidine rings is 1. The Labute approximate surface area is 179 Å². The predicted molar refractivity (Wildman–Crippen MR) is 115 cm³/mol. The van der Waals surface area contributed by atoms with Crippen LogP contribution in [0.15, 0.2) is 55.1 Å². The van der Waals surface area contributed by atoms with Crippen LogP contribution in [0.4, 0.5) is 4.39 Å². The molecule has 0 amide bonds. The first-order chi connectivity index (χ1) is 15.2. The average molecular weight is 418 g/mol. The molecule has 1 aliphatic rings. The number of nitrogens with zero attached hydrogens (tertiary/aromatic N) is 6. The van der Waals surface area contributed by atoms with E-state index in [0.717, 1.165) is 49.4 Å².